The molecule has 1 N–H and O–H groups in total. The zero-order valence-electron chi connectivity index (χ0n) is 14.9. The number of esters is 1. The summed E-state index contributed by atoms with van der Waals surface area (Å²) in [5, 5.41) is 14.5. The van der Waals surface area contributed by atoms with E-state index in [1.54, 1.807) is 30.3 Å². The molecule has 1 saturated heterocycles. The molecule has 0 bridgehead atoms. The van der Waals surface area contributed by atoms with Gasteiger partial charge in [-0.15, -0.1) is 0 Å². The molecule has 1 fully saturated rings. The van der Waals surface area contributed by atoms with Crippen molar-refractivity contribution in [2.24, 2.45) is 0 Å². The first-order valence-corrected chi connectivity index (χ1v) is 9.08. The van der Waals surface area contributed by atoms with Crippen molar-refractivity contribution >= 4 is 40.5 Å². The van der Waals surface area contributed by atoms with E-state index < -0.39 is 23.4 Å². The first kappa shape index (κ1) is 19.6. The van der Waals surface area contributed by atoms with Crippen LogP contribution in [0.5, 0.6) is 0 Å². The normalized spacial score (nSPS) is 13.2. The van der Waals surface area contributed by atoms with E-state index in [2.05, 4.69) is 5.32 Å². The molecule has 0 spiro atoms. The number of ether oxygens (including phenoxy) is 1. The number of hydrogen-bond acceptors (Lipinski definition) is 6. The second kappa shape index (κ2) is 8.71. The number of rotatable bonds is 6. The summed E-state index contributed by atoms with van der Waals surface area (Å²) in [5.41, 5.74) is 0.867. The Morgan fingerprint density at radius 3 is 2.46 bits per heavy atom. The Kier molecular flexibility index (Phi) is 6.10. The van der Waals surface area contributed by atoms with Gasteiger partial charge in [-0.1, -0.05) is 11.6 Å². The van der Waals surface area contributed by atoms with Crippen molar-refractivity contribution in [2.45, 2.75) is 12.8 Å². The lowest BCUT2D eigenvalue weighted by molar-refractivity contribution is -0.384. The monoisotopic (exact) mass is 403 g/mol. The predicted octanol–water partition coefficient (Wildman–Crippen LogP) is 3.64. The highest BCUT2D eigenvalue weighted by molar-refractivity contribution is 6.30. The maximum atomic E-state index is 12.2. The molecule has 2 aromatic carbocycles. The van der Waals surface area contributed by atoms with Gasteiger partial charge in [-0.05, 0) is 49.2 Å². The minimum atomic E-state index is -0.803. The zero-order valence-corrected chi connectivity index (χ0v) is 15.6. The van der Waals surface area contributed by atoms with Crippen LogP contribution >= 0.6 is 11.6 Å². The second-order valence-electron chi connectivity index (χ2n) is 6.29. The van der Waals surface area contributed by atoms with Gasteiger partial charge in [0.1, 0.15) is 5.69 Å². The summed E-state index contributed by atoms with van der Waals surface area (Å²) < 4.78 is 4.97. The number of nitro benzene ring substituents is 1. The molecule has 8 nitrogen and oxygen atoms in total. The van der Waals surface area contributed by atoms with E-state index in [9.17, 15) is 19.7 Å². The zero-order chi connectivity index (χ0) is 20.1. The lowest BCUT2D eigenvalue weighted by Gasteiger charge is -2.17. The topological polar surface area (TPSA) is 102 Å². The van der Waals surface area contributed by atoms with Gasteiger partial charge in [0.15, 0.2) is 6.61 Å². The van der Waals surface area contributed by atoms with Crippen molar-refractivity contribution in [1.82, 2.24) is 0 Å². The van der Waals surface area contributed by atoms with E-state index >= 15 is 0 Å². The number of carbonyl (C=O) groups excluding carboxylic acids is 2. The van der Waals surface area contributed by atoms with Gasteiger partial charge in [0.25, 0.3) is 11.6 Å². The Bertz CT molecular complexity index is 895. The lowest BCUT2D eigenvalue weighted by atomic mass is 10.1. The smallest absolute Gasteiger partial charge is 0.338 e. The number of nitrogens with zero attached hydrogens (tertiary/aromatic N) is 2. The van der Waals surface area contributed by atoms with E-state index in [-0.39, 0.29) is 11.3 Å². The fourth-order valence-corrected chi connectivity index (χ4v) is 3.09. The molecule has 0 unspecified atom stereocenters. The number of benzene rings is 2. The minimum absolute atomic E-state index is 0.0222. The van der Waals surface area contributed by atoms with Gasteiger partial charge in [-0.3, -0.25) is 14.9 Å². The Morgan fingerprint density at radius 1 is 1.14 bits per heavy atom. The van der Waals surface area contributed by atoms with E-state index in [1.807, 2.05) is 4.90 Å². The number of anilines is 2. The lowest BCUT2D eigenvalue weighted by Crippen LogP contribution is -2.21. The molecule has 28 heavy (non-hydrogen) atoms. The number of amides is 1. The summed E-state index contributed by atoms with van der Waals surface area (Å²) in [6.45, 7) is 0.980. The number of nitrogens with one attached hydrogen (secondary N) is 1. The molecule has 3 rings (SSSR count). The van der Waals surface area contributed by atoms with Crippen LogP contribution < -0.4 is 10.2 Å². The molecule has 0 radical (unpaired) electrons. The fourth-order valence-electron chi connectivity index (χ4n) is 2.97. The third-order valence-electron chi connectivity index (χ3n) is 4.32. The quantitative estimate of drug-likeness (QED) is 0.448. The molecule has 1 heterocycles. The van der Waals surface area contributed by atoms with Gasteiger partial charge < -0.3 is 15.0 Å². The average molecular weight is 404 g/mol. The van der Waals surface area contributed by atoms with Crippen LogP contribution in [-0.2, 0) is 9.53 Å². The van der Waals surface area contributed by atoms with Gasteiger partial charge in [-0.2, -0.15) is 0 Å². The first-order chi connectivity index (χ1) is 13.4. The largest absolute Gasteiger partial charge is 0.452 e. The highest BCUT2D eigenvalue weighted by Crippen LogP contribution is 2.31. The van der Waals surface area contributed by atoms with Crippen molar-refractivity contribution in [3.63, 3.8) is 0 Å². The Morgan fingerprint density at radius 2 is 1.82 bits per heavy atom. The summed E-state index contributed by atoms with van der Waals surface area (Å²) in [5.74, 6) is -1.33. The molecule has 0 atom stereocenters. The van der Waals surface area contributed by atoms with Crippen molar-refractivity contribution in [1.29, 1.82) is 0 Å². The Balaban J connectivity index is 1.63. The van der Waals surface area contributed by atoms with Gasteiger partial charge >= 0.3 is 5.97 Å². The second-order valence-corrected chi connectivity index (χ2v) is 6.72. The van der Waals surface area contributed by atoms with Crippen LogP contribution in [0.25, 0.3) is 0 Å². The van der Waals surface area contributed by atoms with Gasteiger partial charge in [0.2, 0.25) is 0 Å². The summed E-state index contributed by atoms with van der Waals surface area (Å²) in [6.07, 6.45) is 1.95. The van der Waals surface area contributed by atoms with Gasteiger partial charge in [0.05, 0.1) is 10.5 Å². The SMILES string of the molecule is O=C(COC(=O)c1ccc(N2CCCC2)c([N+](=O)[O-])c1)Nc1ccc(Cl)cc1. The molecule has 2 aromatic rings. The molecule has 0 aliphatic carbocycles. The van der Waals surface area contributed by atoms with Crippen LogP contribution in [0.3, 0.4) is 0 Å². The van der Waals surface area contributed by atoms with E-state index in [1.165, 1.54) is 12.1 Å². The molecular weight excluding hydrogens is 386 g/mol. The van der Waals surface area contributed by atoms with Crippen LogP contribution in [0.2, 0.25) is 5.02 Å². The van der Waals surface area contributed by atoms with Gasteiger partial charge in [0, 0.05) is 29.9 Å². The third kappa shape index (κ3) is 4.77. The number of halogens is 1. The fraction of sp³-hybridized carbons (Fsp3) is 0.263. The predicted molar refractivity (Wildman–Crippen MR) is 105 cm³/mol. The van der Waals surface area contributed by atoms with Crippen molar-refractivity contribution < 1.29 is 19.2 Å². The molecule has 1 aliphatic rings. The highest BCUT2D eigenvalue weighted by atomic mass is 35.5. The molecule has 1 aliphatic heterocycles. The standard InChI is InChI=1S/C19H18ClN3O5/c20-14-4-6-15(7-5-14)21-18(24)12-28-19(25)13-3-8-16(17(11-13)23(26)27)22-9-1-2-10-22/h3-8,11H,1-2,9-10,12H2,(H,21,24). The Hall–Kier alpha value is -3.13. The molecule has 9 heteroatoms. The van der Waals surface area contributed by atoms with E-state index in [0.717, 1.165) is 25.9 Å². The van der Waals surface area contributed by atoms with E-state index in [4.69, 9.17) is 16.3 Å². The van der Waals surface area contributed by atoms with Crippen molar-refractivity contribution in [2.75, 3.05) is 29.9 Å². The first-order valence-electron chi connectivity index (χ1n) is 8.70. The number of carbonyl (C=O) groups is 2. The minimum Gasteiger partial charge on any atom is -0.452 e. The van der Waals surface area contributed by atoms with Crippen molar-refractivity contribution in [3.8, 4) is 0 Å². The van der Waals surface area contributed by atoms with Gasteiger partial charge in [-0.25, -0.2) is 4.79 Å². The molecule has 146 valence electrons. The Labute approximate surface area is 166 Å². The maximum absolute atomic E-state index is 12.2. The van der Waals surface area contributed by atoms with Crippen LogP contribution in [0.1, 0.15) is 23.2 Å². The molecule has 1 amide bonds. The summed E-state index contributed by atoms with van der Waals surface area (Å²) in [4.78, 5) is 36.9. The third-order valence-corrected chi connectivity index (χ3v) is 4.57. The van der Waals surface area contributed by atoms with Crippen LogP contribution in [0.4, 0.5) is 17.1 Å². The molecule has 0 saturated carbocycles. The average Bonchev–Trinajstić information content (AvgIpc) is 3.22. The number of nitro groups is 1. The molecule has 0 aromatic heterocycles. The van der Waals surface area contributed by atoms with Crippen LogP contribution in [0.15, 0.2) is 42.5 Å². The maximum Gasteiger partial charge on any atom is 0.338 e. The number of hydrogen-bond donors (Lipinski definition) is 1. The summed E-state index contributed by atoms with van der Waals surface area (Å²) >= 11 is 5.77. The summed E-state index contributed by atoms with van der Waals surface area (Å²) in [7, 11) is 0. The van der Waals surface area contributed by atoms with E-state index in [0.29, 0.717) is 16.4 Å². The molecular formula is C19H18ClN3O5. The summed E-state index contributed by atoms with van der Waals surface area (Å²) in [6, 6.07) is 10.7. The van der Waals surface area contributed by atoms with Crippen LogP contribution in [0, 0.1) is 10.1 Å². The van der Waals surface area contributed by atoms with Crippen LogP contribution in [-0.4, -0.2) is 36.5 Å². The highest BCUT2D eigenvalue weighted by Gasteiger charge is 2.24. The van der Waals surface area contributed by atoms with Crippen molar-refractivity contribution in [3.05, 3.63) is 63.2 Å².